The third-order valence-electron chi connectivity index (χ3n) is 3.41. The van der Waals surface area contributed by atoms with Gasteiger partial charge in [0.25, 0.3) is 0 Å². The average molecular weight is 376 g/mol. The van der Waals surface area contributed by atoms with Crippen LogP contribution in [0.2, 0.25) is 5.02 Å². The monoisotopic (exact) mass is 375 g/mol. The van der Waals surface area contributed by atoms with E-state index in [1.807, 2.05) is 6.07 Å². The number of amides is 1. The standard InChI is InChI=1S/C17H14ClN3O5/c1-10-15(13(22)6-7-24-10)25-9-14-20-17(26-21-14)16(23)19-8-11-4-2-3-5-12(11)18/h2-7H,8-9H2,1H3,(H,19,23). The molecule has 0 saturated carbocycles. The van der Waals surface area contributed by atoms with Crippen LogP contribution in [0.3, 0.4) is 0 Å². The van der Waals surface area contributed by atoms with Gasteiger partial charge in [-0.2, -0.15) is 4.98 Å². The Kier molecular flexibility index (Phi) is 5.33. The van der Waals surface area contributed by atoms with Gasteiger partial charge in [0, 0.05) is 17.6 Å². The highest BCUT2D eigenvalue weighted by atomic mass is 35.5. The summed E-state index contributed by atoms with van der Waals surface area (Å²) in [6.45, 7) is 1.68. The van der Waals surface area contributed by atoms with Gasteiger partial charge < -0.3 is 19.0 Å². The van der Waals surface area contributed by atoms with Gasteiger partial charge >= 0.3 is 11.8 Å². The van der Waals surface area contributed by atoms with Crippen LogP contribution in [0, 0.1) is 6.92 Å². The molecule has 0 aliphatic rings. The summed E-state index contributed by atoms with van der Waals surface area (Å²) >= 11 is 6.03. The van der Waals surface area contributed by atoms with Gasteiger partial charge in [-0.15, -0.1) is 0 Å². The number of nitrogens with one attached hydrogen (secondary N) is 1. The number of carbonyl (C=O) groups excluding carboxylic acids is 1. The first-order valence-electron chi connectivity index (χ1n) is 7.60. The van der Waals surface area contributed by atoms with Crippen molar-refractivity contribution in [1.29, 1.82) is 0 Å². The minimum atomic E-state index is -0.543. The highest BCUT2D eigenvalue weighted by Gasteiger charge is 2.16. The van der Waals surface area contributed by atoms with E-state index in [4.69, 9.17) is 25.3 Å². The Hall–Kier alpha value is -3.13. The number of aryl methyl sites for hydroxylation is 1. The van der Waals surface area contributed by atoms with Gasteiger partial charge in [-0.1, -0.05) is 35.0 Å². The van der Waals surface area contributed by atoms with E-state index in [-0.39, 0.29) is 36.0 Å². The SMILES string of the molecule is Cc1occc(=O)c1OCc1noc(C(=O)NCc2ccccc2Cl)n1. The zero-order valence-electron chi connectivity index (χ0n) is 13.7. The second-order valence-electron chi connectivity index (χ2n) is 5.25. The molecule has 3 rings (SSSR count). The number of hydrogen-bond donors (Lipinski definition) is 1. The largest absolute Gasteiger partial charge is 0.478 e. The molecular formula is C17H14ClN3O5. The van der Waals surface area contributed by atoms with Crippen LogP contribution in [0.15, 0.2) is 50.3 Å². The quantitative estimate of drug-likeness (QED) is 0.705. The van der Waals surface area contributed by atoms with Crippen molar-refractivity contribution in [2.75, 3.05) is 0 Å². The van der Waals surface area contributed by atoms with Crippen molar-refractivity contribution < 1.29 is 18.5 Å². The molecular weight excluding hydrogens is 362 g/mol. The van der Waals surface area contributed by atoms with E-state index < -0.39 is 5.91 Å². The maximum atomic E-state index is 12.1. The molecule has 0 aliphatic carbocycles. The van der Waals surface area contributed by atoms with Gasteiger partial charge in [-0.05, 0) is 18.6 Å². The van der Waals surface area contributed by atoms with E-state index >= 15 is 0 Å². The minimum Gasteiger partial charge on any atom is -0.478 e. The molecule has 0 atom stereocenters. The molecule has 9 heteroatoms. The lowest BCUT2D eigenvalue weighted by Crippen LogP contribution is -2.23. The van der Waals surface area contributed by atoms with Gasteiger partial charge in [0.15, 0.2) is 6.61 Å². The Morgan fingerprint density at radius 2 is 2.12 bits per heavy atom. The summed E-state index contributed by atoms with van der Waals surface area (Å²) in [6, 6.07) is 8.38. The van der Waals surface area contributed by atoms with Crippen LogP contribution < -0.4 is 15.5 Å². The smallest absolute Gasteiger partial charge is 0.316 e. The van der Waals surface area contributed by atoms with Gasteiger partial charge in [0.05, 0.1) is 6.26 Å². The molecule has 0 unspecified atom stereocenters. The van der Waals surface area contributed by atoms with Crippen LogP contribution in [0.25, 0.3) is 0 Å². The molecule has 0 bridgehead atoms. The molecule has 26 heavy (non-hydrogen) atoms. The summed E-state index contributed by atoms with van der Waals surface area (Å²) in [5.41, 5.74) is 0.437. The lowest BCUT2D eigenvalue weighted by atomic mass is 10.2. The van der Waals surface area contributed by atoms with Crippen molar-refractivity contribution in [3.8, 4) is 5.75 Å². The Morgan fingerprint density at radius 1 is 1.31 bits per heavy atom. The molecule has 1 aromatic carbocycles. The predicted molar refractivity (Wildman–Crippen MR) is 91.0 cm³/mol. The highest BCUT2D eigenvalue weighted by molar-refractivity contribution is 6.31. The zero-order valence-corrected chi connectivity index (χ0v) is 14.4. The molecule has 0 radical (unpaired) electrons. The first-order chi connectivity index (χ1) is 12.5. The van der Waals surface area contributed by atoms with Crippen molar-refractivity contribution in [3.63, 3.8) is 0 Å². The van der Waals surface area contributed by atoms with Crippen LogP contribution in [-0.2, 0) is 13.2 Å². The van der Waals surface area contributed by atoms with Crippen LogP contribution in [-0.4, -0.2) is 16.0 Å². The van der Waals surface area contributed by atoms with Gasteiger partial charge in [0.2, 0.25) is 17.0 Å². The molecule has 134 valence electrons. The highest BCUT2D eigenvalue weighted by Crippen LogP contribution is 2.15. The molecule has 1 amide bonds. The molecule has 1 N–H and O–H groups in total. The molecule has 0 saturated heterocycles. The normalized spacial score (nSPS) is 10.5. The Morgan fingerprint density at radius 3 is 2.88 bits per heavy atom. The predicted octanol–water partition coefficient (Wildman–Crippen LogP) is 2.49. The van der Waals surface area contributed by atoms with E-state index in [0.717, 1.165) is 5.56 Å². The number of benzene rings is 1. The summed E-state index contributed by atoms with van der Waals surface area (Å²) in [5, 5.41) is 6.84. The third kappa shape index (κ3) is 4.09. The third-order valence-corrected chi connectivity index (χ3v) is 3.78. The fraction of sp³-hybridized carbons (Fsp3) is 0.176. The fourth-order valence-corrected chi connectivity index (χ4v) is 2.31. The summed E-state index contributed by atoms with van der Waals surface area (Å²) in [7, 11) is 0. The Labute approximate surface area is 152 Å². The number of aromatic nitrogens is 2. The van der Waals surface area contributed by atoms with Crippen molar-refractivity contribution in [2.45, 2.75) is 20.1 Å². The molecule has 0 spiro atoms. The lowest BCUT2D eigenvalue weighted by molar-refractivity contribution is 0.0907. The number of carbonyl (C=O) groups is 1. The molecule has 3 aromatic rings. The summed E-state index contributed by atoms with van der Waals surface area (Å²) in [4.78, 5) is 27.7. The summed E-state index contributed by atoms with van der Waals surface area (Å²) in [5.74, 6) is -0.247. The van der Waals surface area contributed by atoms with Gasteiger partial charge in [-0.3, -0.25) is 9.59 Å². The first-order valence-corrected chi connectivity index (χ1v) is 7.98. The van der Waals surface area contributed by atoms with Crippen LogP contribution in [0.1, 0.15) is 27.8 Å². The summed E-state index contributed by atoms with van der Waals surface area (Å²) < 4.78 is 15.3. The van der Waals surface area contributed by atoms with Crippen LogP contribution in [0.5, 0.6) is 5.75 Å². The van der Waals surface area contributed by atoms with Gasteiger partial charge in [0.1, 0.15) is 5.76 Å². The maximum Gasteiger partial charge on any atom is 0.316 e. The molecule has 0 aliphatic heterocycles. The van der Waals surface area contributed by atoms with Crippen molar-refractivity contribution in [3.05, 3.63) is 74.9 Å². The Bertz CT molecular complexity index is 982. The summed E-state index contributed by atoms with van der Waals surface area (Å²) in [6.07, 6.45) is 1.28. The number of rotatable bonds is 6. The Balaban J connectivity index is 1.60. The topological polar surface area (TPSA) is 107 Å². The van der Waals surface area contributed by atoms with E-state index in [2.05, 4.69) is 15.5 Å². The van der Waals surface area contributed by atoms with Crippen LogP contribution >= 0.6 is 11.6 Å². The van der Waals surface area contributed by atoms with Crippen LogP contribution in [0.4, 0.5) is 0 Å². The van der Waals surface area contributed by atoms with Crippen molar-refractivity contribution in [2.24, 2.45) is 0 Å². The lowest BCUT2D eigenvalue weighted by Gasteiger charge is -2.04. The fourth-order valence-electron chi connectivity index (χ4n) is 2.11. The number of hydrogen-bond acceptors (Lipinski definition) is 7. The van der Waals surface area contributed by atoms with E-state index in [9.17, 15) is 9.59 Å². The number of ether oxygens (including phenoxy) is 1. The number of halogens is 1. The minimum absolute atomic E-state index is 0.0574. The van der Waals surface area contributed by atoms with Gasteiger partial charge in [-0.25, -0.2) is 0 Å². The average Bonchev–Trinajstić information content (AvgIpc) is 3.09. The van der Waals surface area contributed by atoms with E-state index in [1.165, 1.54) is 12.3 Å². The molecule has 0 fully saturated rings. The van der Waals surface area contributed by atoms with E-state index in [0.29, 0.717) is 10.8 Å². The molecule has 2 heterocycles. The molecule has 8 nitrogen and oxygen atoms in total. The second kappa shape index (κ2) is 7.83. The first kappa shape index (κ1) is 17.7. The van der Waals surface area contributed by atoms with Crippen molar-refractivity contribution >= 4 is 17.5 Å². The maximum absolute atomic E-state index is 12.1. The second-order valence-corrected chi connectivity index (χ2v) is 5.66. The van der Waals surface area contributed by atoms with Crippen molar-refractivity contribution in [1.82, 2.24) is 15.5 Å². The molecule has 2 aromatic heterocycles. The number of nitrogens with zero attached hydrogens (tertiary/aromatic N) is 2. The van der Waals surface area contributed by atoms with E-state index in [1.54, 1.807) is 25.1 Å². The zero-order chi connectivity index (χ0) is 18.5.